The van der Waals surface area contributed by atoms with Crippen LogP contribution in [0.2, 0.25) is 0 Å². The Hall–Kier alpha value is -0.570. The first-order valence-corrected chi connectivity index (χ1v) is 4.97. The first kappa shape index (κ1) is 10.5. The molecule has 1 fully saturated rings. The van der Waals surface area contributed by atoms with Gasteiger partial charge in [0.25, 0.3) is 0 Å². The topological polar surface area (TPSA) is 35.5 Å². The molecule has 0 aromatic heterocycles. The summed E-state index contributed by atoms with van der Waals surface area (Å²) in [5, 5.41) is 0. The van der Waals surface area contributed by atoms with Crippen LogP contribution in [0.5, 0.6) is 0 Å². The van der Waals surface area contributed by atoms with Gasteiger partial charge in [0.2, 0.25) is 0 Å². The van der Waals surface area contributed by atoms with Gasteiger partial charge in [-0.2, -0.15) is 0 Å². The van der Waals surface area contributed by atoms with Crippen LogP contribution in [0, 0.1) is 5.92 Å². The van der Waals surface area contributed by atoms with Crippen molar-refractivity contribution in [3.05, 3.63) is 0 Å². The van der Waals surface area contributed by atoms with Gasteiger partial charge in [0.1, 0.15) is 0 Å². The van der Waals surface area contributed by atoms with Crippen LogP contribution in [0.25, 0.3) is 0 Å². The van der Waals surface area contributed by atoms with Gasteiger partial charge in [-0.15, -0.1) is 0 Å². The van der Waals surface area contributed by atoms with Crippen molar-refractivity contribution in [2.75, 3.05) is 6.61 Å². The Labute approximate surface area is 79.4 Å². The third-order valence-electron chi connectivity index (χ3n) is 2.48. The molecule has 0 saturated carbocycles. The maximum absolute atomic E-state index is 11.3. The molecular formula is C10H18O3. The molecule has 0 aliphatic carbocycles. The van der Waals surface area contributed by atoms with Gasteiger partial charge in [-0.3, -0.25) is 4.79 Å². The van der Waals surface area contributed by atoms with Gasteiger partial charge in [0.15, 0.2) is 0 Å². The fourth-order valence-electron chi connectivity index (χ4n) is 1.63. The minimum absolute atomic E-state index is 0.0639. The highest BCUT2D eigenvalue weighted by Gasteiger charge is 2.31. The molecule has 1 aliphatic rings. The molecule has 1 saturated heterocycles. The van der Waals surface area contributed by atoms with Crippen LogP contribution < -0.4 is 0 Å². The van der Waals surface area contributed by atoms with Crippen LogP contribution in [0.1, 0.15) is 33.6 Å². The monoisotopic (exact) mass is 186 g/mol. The van der Waals surface area contributed by atoms with Crippen LogP contribution in [-0.2, 0) is 14.3 Å². The fourth-order valence-corrected chi connectivity index (χ4v) is 1.63. The Morgan fingerprint density at radius 2 is 2.31 bits per heavy atom. The van der Waals surface area contributed by atoms with Crippen molar-refractivity contribution >= 4 is 5.97 Å². The number of carbonyl (C=O) groups excluding carboxylic acids is 1. The molecule has 3 nitrogen and oxygen atoms in total. The van der Waals surface area contributed by atoms with Crippen LogP contribution in [0.4, 0.5) is 0 Å². The number of esters is 1. The third-order valence-corrected chi connectivity index (χ3v) is 2.48. The fraction of sp³-hybridized carbons (Fsp3) is 0.900. The van der Waals surface area contributed by atoms with Crippen molar-refractivity contribution in [3.8, 4) is 0 Å². The lowest BCUT2D eigenvalue weighted by Crippen LogP contribution is -2.27. The smallest absolute Gasteiger partial charge is 0.311 e. The minimum Gasteiger partial charge on any atom is -0.466 e. The van der Waals surface area contributed by atoms with Gasteiger partial charge in [-0.25, -0.2) is 0 Å². The Balaban J connectivity index is 2.38. The average Bonchev–Trinajstić information content (AvgIpc) is 2.51. The van der Waals surface area contributed by atoms with Crippen LogP contribution in [0.3, 0.4) is 0 Å². The Bertz CT molecular complexity index is 179. The Kier molecular flexibility index (Phi) is 3.72. The van der Waals surface area contributed by atoms with E-state index in [0.717, 1.165) is 12.8 Å². The second-order valence-corrected chi connectivity index (χ2v) is 3.60. The second kappa shape index (κ2) is 4.61. The van der Waals surface area contributed by atoms with Crippen LogP contribution in [0.15, 0.2) is 0 Å². The summed E-state index contributed by atoms with van der Waals surface area (Å²) in [6, 6.07) is 0. The van der Waals surface area contributed by atoms with Crippen molar-refractivity contribution in [2.45, 2.75) is 45.8 Å². The number of hydrogen-bond acceptors (Lipinski definition) is 3. The van der Waals surface area contributed by atoms with E-state index in [2.05, 4.69) is 0 Å². The quantitative estimate of drug-likeness (QED) is 0.630. The molecule has 0 N–H and O–H groups in total. The van der Waals surface area contributed by atoms with Gasteiger partial charge in [0, 0.05) is 0 Å². The molecule has 0 spiro atoms. The van der Waals surface area contributed by atoms with Crippen molar-refractivity contribution in [1.82, 2.24) is 0 Å². The zero-order chi connectivity index (χ0) is 9.84. The van der Waals surface area contributed by atoms with Crippen LogP contribution in [-0.4, -0.2) is 24.8 Å². The molecule has 0 unspecified atom stereocenters. The van der Waals surface area contributed by atoms with E-state index in [1.54, 1.807) is 0 Å². The third kappa shape index (κ3) is 2.69. The molecule has 0 radical (unpaired) electrons. The molecule has 3 atom stereocenters. The molecule has 13 heavy (non-hydrogen) atoms. The number of hydrogen-bond donors (Lipinski definition) is 0. The summed E-state index contributed by atoms with van der Waals surface area (Å²) in [5.41, 5.74) is 0. The Morgan fingerprint density at radius 3 is 2.77 bits per heavy atom. The highest BCUT2D eigenvalue weighted by atomic mass is 16.5. The van der Waals surface area contributed by atoms with E-state index in [1.165, 1.54) is 0 Å². The van der Waals surface area contributed by atoms with Crippen molar-refractivity contribution in [3.63, 3.8) is 0 Å². The maximum atomic E-state index is 11.3. The molecule has 3 heteroatoms. The van der Waals surface area contributed by atoms with E-state index in [-0.39, 0.29) is 18.0 Å². The first-order valence-electron chi connectivity index (χ1n) is 4.97. The van der Waals surface area contributed by atoms with E-state index >= 15 is 0 Å². The lowest BCUT2D eigenvalue weighted by molar-refractivity contribution is -0.152. The summed E-state index contributed by atoms with van der Waals surface area (Å²) in [6.07, 6.45) is 2.38. The summed E-state index contributed by atoms with van der Waals surface area (Å²) >= 11 is 0. The van der Waals surface area contributed by atoms with Gasteiger partial charge in [0.05, 0.1) is 24.7 Å². The first-order chi connectivity index (χ1) is 6.15. The summed E-state index contributed by atoms with van der Waals surface area (Å²) in [5.74, 6) is -0.258. The molecule has 76 valence electrons. The standard InChI is InChI=1S/C10H18O3/c1-4-12-10(11)8(3)9-6-5-7(2)13-9/h7-9H,4-6H2,1-3H3/t7-,8+,9-/m1/s1. The van der Waals surface area contributed by atoms with E-state index in [4.69, 9.17) is 9.47 Å². The molecule has 0 bridgehead atoms. The molecule has 0 aromatic rings. The molecule has 0 aromatic carbocycles. The molecule has 1 aliphatic heterocycles. The summed E-state index contributed by atoms with van der Waals surface area (Å²) < 4.78 is 10.5. The second-order valence-electron chi connectivity index (χ2n) is 3.60. The van der Waals surface area contributed by atoms with Crippen molar-refractivity contribution in [1.29, 1.82) is 0 Å². The Morgan fingerprint density at radius 1 is 1.62 bits per heavy atom. The highest BCUT2D eigenvalue weighted by molar-refractivity contribution is 5.72. The average molecular weight is 186 g/mol. The van der Waals surface area contributed by atoms with Gasteiger partial charge in [-0.05, 0) is 33.6 Å². The molecule has 0 amide bonds. The summed E-state index contributed by atoms with van der Waals surface area (Å²) in [7, 11) is 0. The number of carbonyl (C=O) groups is 1. The normalized spacial score (nSPS) is 30.1. The zero-order valence-corrected chi connectivity index (χ0v) is 8.58. The predicted molar refractivity (Wildman–Crippen MR) is 49.4 cm³/mol. The maximum Gasteiger partial charge on any atom is 0.311 e. The van der Waals surface area contributed by atoms with E-state index in [9.17, 15) is 4.79 Å². The largest absolute Gasteiger partial charge is 0.466 e. The van der Waals surface area contributed by atoms with Gasteiger partial charge < -0.3 is 9.47 Å². The minimum atomic E-state index is -0.137. The van der Waals surface area contributed by atoms with Crippen molar-refractivity contribution < 1.29 is 14.3 Å². The lowest BCUT2D eigenvalue weighted by atomic mass is 10.0. The van der Waals surface area contributed by atoms with E-state index < -0.39 is 0 Å². The van der Waals surface area contributed by atoms with Gasteiger partial charge in [-0.1, -0.05) is 0 Å². The van der Waals surface area contributed by atoms with E-state index in [0.29, 0.717) is 12.7 Å². The lowest BCUT2D eigenvalue weighted by Gasteiger charge is -2.17. The van der Waals surface area contributed by atoms with Crippen molar-refractivity contribution in [2.24, 2.45) is 5.92 Å². The predicted octanol–water partition coefficient (Wildman–Crippen LogP) is 1.75. The molecule has 1 rings (SSSR count). The van der Waals surface area contributed by atoms with Crippen LogP contribution >= 0.6 is 0 Å². The summed E-state index contributed by atoms with van der Waals surface area (Å²) in [4.78, 5) is 11.3. The number of ether oxygens (including phenoxy) is 2. The summed E-state index contributed by atoms with van der Waals surface area (Å²) in [6.45, 7) is 6.19. The SMILES string of the molecule is CCOC(=O)[C@@H](C)[C@H]1CC[C@@H](C)O1. The molecule has 1 heterocycles. The van der Waals surface area contributed by atoms with Gasteiger partial charge >= 0.3 is 5.97 Å². The van der Waals surface area contributed by atoms with E-state index in [1.807, 2.05) is 20.8 Å². The number of rotatable bonds is 3. The highest BCUT2D eigenvalue weighted by Crippen LogP contribution is 2.25. The zero-order valence-electron chi connectivity index (χ0n) is 8.58. The molecular weight excluding hydrogens is 168 g/mol.